The van der Waals surface area contributed by atoms with E-state index in [4.69, 9.17) is 0 Å². The zero-order chi connectivity index (χ0) is 16.1. The van der Waals surface area contributed by atoms with Gasteiger partial charge < -0.3 is 14.9 Å². The summed E-state index contributed by atoms with van der Waals surface area (Å²) >= 11 is 1.57. The van der Waals surface area contributed by atoms with E-state index in [-0.39, 0.29) is 17.2 Å². The van der Waals surface area contributed by atoms with Crippen LogP contribution in [0, 0.1) is 0 Å². The lowest BCUT2D eigenvalue weighted by atomic mass is 10.1. The second-order valence-corrected chi connectivity index (χ2v) is 7.14. The van der Waals surface area contributed by atoms with Gasteiger partial charge in [-0.3, -0.25) is 9.59 Å². The third-order valence-electron chi connectivity index (χ3n) is 4.80. The number of benzene rings is 1. The van der Waals surface area contributed by atoms with Crippen LogP contribution in [-0.2, 0) is 9.59 Å². The molecular weight excluding hydrogens is 316 g/mol. The maximum Gasteiger partial charge on any atom is 0.326 e. The van der Waals surface area contributed by atoms with Crippen LogP contribution >= 0.6 is 11.8 Å². The van der Waals surface area contributed by atoms with E-state index in [0.717, 1.165) is 5.56 Å². The van der Waals surface area contributed by atoms with Crippen molar-refractivity contribution in [2.45, 2.75) is 30.3 Å². The maximum absolute atomic E-state index is 12.9. The minimum atomic E-state index is -0.964. The lowest BCUT2D eigenvalue weighted by Gasteiger charge is -2.29. The Hall–Kier alpha value is -2.02. The van der Waals surface area contributed by atoms with Gasteiger partial charge in [0.2, 0.25) is 5.91 Å². The van der Waals surface area contributed by atoms with Crippen LogP contribution in [0.25, 0.3) is 0 Å². The molecule has 1 aromatic carbocycles. The minimum absolute atomic E-state index is 0.125. The van der Waals surface area contributed by atoms with Crippen molar-refractivity contribution in [3.8, 4) is 0 Å². The van der Waals surface area contributed by atoms with Crippen LogP contribution in [0.3, 0.4) is 0 Å². The van der Waals surface area contributed by atoms with E-state index < -0.39 is 18.1 Å². The summed E-state index contributed by atoms with van der Waals surface area (Å²) in [6.07, 6.45) is 1.18. The molecule has 0 spiro atoms. The van der Waals surface area contributed by atoms with Gasteiger partial charge in [-0.2, -0.15) is 0 Å². The number of carbonyl (C=O) groups is 3. The summed E-state index contributed by atoms with van der Waals surface area (Å²) in [5.74, 6) is -0.799. The number of likely N-dealkylation sites (tertiary alicyclic amines) is 1. The normalized spacial score (nSPS) is 28.9. The first-order valence-corrected chi connectivity index (χ1v) is 8.71. The van der Waals surface area contributed by atoms with Crippen molar-refractivity contribution >= 4 is 29.5 Å². The van der Waals surface area contributed by atoms with Crippen LogP contribution in [0.5, 0.6) is 0 Å². The van der Waals surface area contributed by atoms with Crippen molar-refractivity contribution in [2.75, 3.05) is 12.3 Å². The number of hydrogen-bond acceptors (Lipinski definition) is 4. The largest absolute Gasteiger partial charge is 0.480 e. The Morgan fingerprint density at radius 2 is 2.00 bits per heavy atom. The van der Waals surface area contributed by atoms with Gasteiger partial charge in [0.05, 0.1) is 0 Å². The molecule has 120 valence electrons. The van der Waals surface area contributed by atoms with Crippen LogP contribution in [0.4, 0.5) is 0 Å². The first-order chi connectivity index (χ1) is 11.1. The highest BCUT2D eigenvalue weighted by molar-refractivity contribution is 7.99. The summed E-state index contributed by atoms with van der Waals surface area (Å²) in [6, 6.07) is 6.10. The third-order valence-corrected chi connectivity index (χ3v) is 6.10. The zero-order valence-electron chi connectivity index (χ0n) is 12.3. The average Bonchev–Trinajstić information content (AvgIpc) is 3.24. The van der Waals surface area contributed by atoms with E-state index in [9.17, 15) is 19.5 Å². The molecular formula is C16H16N2O4S. The minimum Gasteiger partial charge on any atom is -0.480 e. The SMILES string of the molecule is O=C(O)[C@@H]1CCCN1C(=O)[C@@H]1CS[C@@H]2c3ccccc3C(=O)N21. The third kappa shape index (κ3) is 2.06. The van der Waals surface area contributed by atoms with Gasteiger partial charge in [-0.1, -0.05) is 18.2 Å². The molecule has 3 atom stereocenters. The Morgan fingerprint density at radius 1 is 1.22 bits per heavy atom. The quantitative estimate of drug-likeness (QED) is 0.884. The van der Waals surface area contributed by atoms with Crippen LogP contribution < -0.4 is 0 Å². The summed E-state index contributed by atoms with van der Waals surface area (Å²) in [7, 11) is 0. The van der Waals surface area contributed by atoms with Crippen molar-refractivity contribution < 1.29 is 19.5 Å². The molecule has 0 unspecified atom stereocenters. The summed E-state index contributed by atoms with van der Waals surface area (Å²) in [6.45, 7) is 0.455. The second-order valence-electron chi connectivity index (χ2n) is 6.03. The number of hydrogen-bond donors (Lipinski definition) is 1. The molecule has 1 aromatic rings. The van der Waals surface area contributed by atoms with E-state index in [2.05, 4.69) is 0 Å². The van der Waals surface area contributed by atoms with Crippen molar-refractivity contribution in [3.05, 3.63) is 35.4 Å². The Balaban J connectivity index is 1.62. The zero-order valence-corrected chi connectivity index (χ0v) is 13.2. The van der Waals surface area contributed by atoms with Crippen LogP contribution in [-0.4, -0.2) is 57.1 Å². The summed E-state index contributed by atoms with van der Waals surface area (Å²) in [5, 5.41) is 9.15. The van der Waals surface area contributed by atoms with E-state index in [0.29, 0.717) is 30.7 Å². The molecule has 3 heterocycles. The lowest BCUT2D eigenvalue weighted by molar-refractivity contribution is -0.149. The molecule has 2 saturated heterocycles. The number of carboxylic acid groups (broad SMARTS) is 1. The number of nitrogens with zero attached hydrogens (tertiary/aromatic N) is 2. The topological polar surface area (TPSA) is 77.9 Å². The molecule has 7 heteroatoms. The highest BCUT2D eigenvalue weighted by atomic mass is 32.2. The summed E-state index contributed by atoms with van der Waals surface area (Å²) in [5.41, 5.74) is 1.60. The molecule has 4 rings (SSSR count). The first-order valence-electron chi connectivity index (χ1n) is 7.66. The van der Waals surface area contributed by atoms with E-state index in [1.807, 2.05) is 18.2 Å². The Bertz CT molecular complexity index is 707. The average molecular weight is 332 g/mol. The van der Waals surface area contributed by atoms with Gasteiger partial charge in [-0.05, 0) is 24.5 Å². The van der Waals surface area contributed by atoms with E-state index in [1.54, 1.807) is 22.7 Å². The van der Waals surface area contributed by atoms with Crippen molar-refractivity contribution in [1.82, 2.24) is 9.80 Å². The number of fused-ring (bicyclic) bond motifs is 3. The van der Waals surface area contributed by atoms with Gasteiger partial charge in [0.25, 0.3) is 5.91 Å². The molecule has 2 amide bonds. The van der Waals surface area contributed by atoms with Crippen molar-refractivity contribution in [3.63, 3.8) is 0 Å². The number of rotatable bonds is 2. The van der Waals surface area contributed by atoms with E-state index in [1.165, 1.54) is 4.90 Å². The molecule has 23 heavy (non-hydrogen) atoms. The van der Waals surface area contributed by atoms with Crippen LogP contribution in [0.2, 0.25) is 0 Å². The van der Waals surface area contributed by atoms with Crippen LogP contribution in [0.15, 0.2) is 24.3 Å². The fraction of sp³-hybridized carbons (Fsp3) is 0.438. The van der Waals surface area contributed by atoms with Gasteiger partial charge in [0, 0.05) is 17.9 Å². The number of amides is 2. The monoisotopic (exact) mass is 332 g/mol. The standard InChI is InChI=1S/C16H16N2O4S/c19-13-9-4-1-2-5-10(9)15-18(13)12(8-23-15)14(20)17-7-3-6-11(17)16(21)22/h1-2,4-5,11-12,15H,3,6-8H2,(H,21,22)/t11-,12-,15+/m0/s1. The number of thioether (sulfide) groups is 1. The Morgan fingerprint density at radius 3 is 2.78 bits per heavy atom. The predicted molar refractivity (Wildman–Crippen MR) is 84.0 cm³/mol. The van der Waals surface area contributed by atoms with E-state index >= 15 is 0 Å². The fourth-order valence-corrected chi connectivity index (χ4v) is 5.17. The maximum atomic E-state index is 12.9. The molecule has 6 nitrogen and oxygen atoms in total. The molecule has 3 aliphatic heterocycles. The van der Waals surface area contributed by atoms with Gasteiger partial charge in [0.1, 0.15) is 17.5 Å². The highest BCUT2D eigenvalue weighted by Crippen LogP contribution is 2.48. The molecule has 0 aliphatic carbocycles. The van der Waals surface area contributed by atoms with Gasteiger partial charge in [0.15, 0.2) is 0 Å². The predicted octanol–water partition coefficient (Wildman–Crippen LogP) is 1.33. The first kappa shape index (κ1) is 14.6. The smallest absolute Gasteiger partial charge is 0.326 e. The van der Waals surface area contributed by atoms with Crippen molar-refractivity contribution in [1.29, 1.82) is 0 Å². The van der Waals surface area contributed by atoms with Gasteiger partial charge in [-0.15, -0.1) is 11.8 Å². The Kier molecular flexibility index (Phi) is 3.33. The molecule has 0 aromatic heterocycles. The molecule has 1 N–H and O–H groups in total. The number of carbonyl (C=O) groups excluding carboxylic acids is 2. The van der Waals surface area contributed by atoms with Gasteiger partial charge in [-0.25, -0.2) is 4.79 Å². The summed E-state index contributed by atoms with van der Waals surface area (Å²) in [4.78, 5) is 39.9. The number of carboxylic acids is 1. The molecule has 2 fully saturated rings. The highest BCUT2D eigenvalue weighted by Gasteiger charge is 2.50. The van der Waals surface area contributed by atoms with Crippen molar-refractivity contribution in [2.24, 2.45) is 0 Å². The molecule has 3 aliphatic rings. The molecule has 0 bridgehead atoms. The lowest BCUT2D eigenvalue weighted by Crippen LogP contribution is -2.51. The number of aliphatic carboxylic acids is 1. The summed E-state index contributed by atoms with van der Waals surface area (Å²) < 4.78 is 0. The fourth-order valence-electron chi connectivity index (χ4n) is 3.71. The molecule has 0 saturated carbocycles. The Labute approximate surface area is 137 Å². The van der Waals surface area contributed by atoms with Gasteiger partial charge >= 0.3 is 5.97 Å². The molecule has 0 radical (unpaired) electrons. The second kappa shape index (κ2) is 5.26. The van der Waals surface area contributed by atoms with Crippen LogP contribution in [0.1, 0.15) is 34.1 Å².